The molecule has 0 spiro atoms. The molecule has 0 radical (unpaired) electrons. The molecule has 0 aromatic heterocycles. The molecular weight excluding hydrogens is 408 g/mol. The first kappa shape index (κ1) is 19.6. The van der Waals surface area contributed by atoms with Gasteiger partial charge in [-0.25, -0.2) is 0 Å². The van der Waals surface area contributed by atoms with Crippen LogP contribution in [0.15, 0.2) is 84.6 Å². The number of carbonyl (C=O) groups excluding carboxylic acids is 2. The van der Waals surface area contributed by atoms with Crippen LogP contribution in [0.4, 0.5) is 5.69 Å². The van der Waals surface area contributed by atoms with Crippen molar-refractivity contribution in [2.75, 3.05) is 18.0 Å². The van der Waals surface area contributed by atoms with Crippen molar-refractivity contribution in [3.63, 3.8) is 0 Å². The summed E-state index contributed by atoms with van der Waals surface area (Å²) in [7, 11) is 0. The molecule has 3 aromatic carbocycles. The predicted molar refractivity (Wildman–Crippen MR) is 123 cm³/mol. The van der Waals surface area contributed by atoms with Crippen molar-refractivity contribution < 1.29 is 9.59 Å². The summed E-state index contributed by atoms with van der Waals surface area (Å²) in [6.07, 6.45) is 1.47. The Kier molecular flexibility index (Phi) is 5.08. The number of hydrogen-bond donors (Lipinski definition) is 0. The first-order valence-corrected chi connectivity index (χ1v) is 10.8. The van der Waals surface area contributed by atoms with Gasteiger partial charge in [-0.05, 0) is 47.7 Å². The molecule has 0 saturated heterocycles. The van der Waals surface area contributed by atoms with Gasteiger partial charge in [0.2, 0.25) is 0 Å². The van der Waals surface area contributed by atoms with Gasteiger partial charge in [-0.15, -0.1) is 0 Å². The Labute approximate surface area is 186 Å². The summed E-state index contributed by atoms with van der Waals surface area (Å²) in [4.78, 5) is 30.4. The van der Waals surface area contributed by atoms with Crippen molar-refractivity contribution in [2.24, 2.45) is 0 Å². The zero-order chi connectivity index (χ0) is 21.4. The Morgan fingerprint density at radius 1 is 0.806 bits per heavy atom. The Hall–Kier alpha value is -3.37. The van der Waals surface area contributed by atoms with Crippen LogP contribution in [0.25, 0.3) is 5.57 Å². The third-order valence-electron chi connectivity index (χ3n) is 5.90. The molecule has 0 unspecified atom stereocenters. The van der Waals surface area contributed by atoms with Gasteiger partial charge in [0, 0.05) is 23.8 Å². The van der Waals surface area contributed by atoms with E-state index in [0.717, 1.165) is 17.7 Å². The van der Waals surface area contributed by atoms with E-state index in [4.69, 9.17) is 11.6 Å². The van der Waals surface area contributed by atoms with Crippen LogP contribution >= 0.6 is 11.6 Å². The minimum Gasteiger partial charge on any atom is -0.336 e. The number of anilines is 1. The molecule has 0 bridgehead atoms. The largest absolute Gasteiger partial charge is 0.336 e. The number of imide groups is 1. The van der Waals surface area contributed by atoms with Gasteiger partial charge in [-0.3, -0.25) is 14.5 Å². The smallest absolute Gasteiger partial charge is 0.278 e. The van der Waals surface area contributed by atoms with E-state index in [1.807, 2.05) is 65.6 Å². The zero-order valence-corrected chi connectivity index (χ0v) is 17.7. The van der Waals surface area contributed by atoms with Crippen LogP contribution < -0.4 is 4.90 Å². The Balaban J connectivity index is 1.54. The topological polar surface area (TPSA) is 40.6 Å². The fourth-order valence-electron chi connectivity index (χ4n) is 4.35. The molecule has 2 heterocycles. The highest BCUT2D eigenvalue weighted by Crippen LogP contribution is 2.38. The molecule has 0 saturated carbocycles. The van der Waals surface area contributed by atoms with Crippen LogP contribution in [-0.4, -0.2) is 29.8 Å². The zero-order valence-electron chi connectivity index (χ0n) is 16.9. The van der Waals surface area contributed by atoms with Gasteiger partial charge < -0.3 is 4.90 Å². The lowest BCUT2D eigenvalue weighted by molar-refractivity contribution is -0.136. The minimum atomic E-state index is -0.248. The normalized spacial score (nSPS) is 15.8. The second kappa shape index (κ2) is 8.05. The molecule has 3 aromatic rings. The first-order valence-electron chi connectivity index (χ1n) is 10.4. The number of carbonyl (C=O) groups is 2. The van der Waals surface area contributed by atoms with Crippen LogP contribution in [0.3, 0.4) is 0 Å². The van der Waals surface area contributed by atoms with Crippen molar-refractivity contribution in [3.8, 4) is 0 Å². The van der Waals surface area contributed by atoms with E-state index in [1.54, 1.807) is 12.1 Å². The lowest BCUT2D eigenvalue weighted by atomic mass is 10.0. The van der Waals surface area contributed by atoms with Crippen LogP contribution in [0.5, 0.6) is 0 Å². The molecule has 0 fully saturated rings. The first-order chi connectivity index (χ1) is 15.1. The van der Waals surface area contributed by atoms with E-state index in [9.17, 15) is 9.59 Å². The van der Waals surface area contributed by atoms with Gasteiger partial charge in [0.25, 0.3) is 11.8 Å². The van der Waals surface area contributed by atoms with Gasteiger partial charge in [-0.2, -0.15) is 0 Å². The Morgan fingerprint density at radius 2 is 1.52 bits per heavy atom. The van der Waals surface area contributed by atoms with Crippen LogP contribution in [0.1, 0.15) is 16.7 Å². The lowest BCUT2D eigenvalue weighted by Crippen LogP contribution is -2.36. The number of amides is 2. The highest BCUT2D eigenvalue weighted by Gasteiger charge is 2.42. The highest BCUT2D eigenvalue weighted by molar-refractivity contribution is 6.37. The fourth-order valence-corrected chi connectivity index (χ4v) is 4.48. The van der Waals surface area contributed by atoms with Crippen LogP contribution in [0.2, 0.25) is 5.02 Å². The summed E-state index contributed by atoms with van der Waals surface area (Å²) in [5.41, 5.74) is 4.90. The third-order valence-corrected chi connectivity index (χ3v) is 6.15. The number of nitrogens with zero attached hydrogens (tertiary/aromatic N) is 2. The summed E-state index contributed by atoms with van der Waals surface area (Å²) in [6, 6.07) is 25.1. The molecule has 5 rings (SSSR count). The number of halogens is 1. The predicted octanol–water partition coefficient (Wildman–Crippen LogP) is 4.73. The average Bonchev–Trinajstić information content (AvgIpc) is 3.32. The summed E-state index contributed by atoms with van der Waals surface area (Å²) < 4.78 is 0. The van der Waals surface area contributed by atoms with Crippen LogP contribution in [0, 0.1) is 0 Å². The van der Waals surface area contributed by atoms with Crippen molar-refractivity contribution in [1.82, 2.24) is 4.90 Å². The van der Waals surface area contributed by atoms with Crippen molar-refractivity contribution in [3.05, 3.63) is 106 Å². The van der Waals surface area contributed by atoms with E-state index in [-0.39, 0.29) is 11.8 Å². The Bertz CT molecular complexity index is 1190. The number of para-hydroxylation sites is 1. The summed E-state index contributed by atoms with van der Waals surface area (Å²) in [5.74, 6) is -0.481. The second-order valence-electron chi connectivity index (χ2n) is 7.76. The van der Waals surface area contributed by atoms with Crippen molar-refractivity contribution in [2.45, 2.75) is 12.8 Å². The maximum Gasteiger partial charge on any atom is 0.278 e. The average molecular weight is 429 g/mol. The van der Waals surface area contributed by atoms with E-state index < -0.39 is 0 Å². The molecule has 2 aliphatic rings. The van der Waals surface area contributed by atoms with Crippen molar-refractivity contribution >= 4 is 34.7 Å². The minimum absolute atomic E-state index is 0.234. The van der Waals surface area contributed by atoms with Gasteiger partial charge >= 0.3 is 0 Å². The molecule has 0 aliphatic carbocycles. The molecule has 0 atom stereocenters. The second-order valence-corrected chi connectivity index (χ2v) is 8.19. The Morgan fingerprint density at radius 3 is 2.29 bits per heavy atom. The number of benzene rings is 3. The summed E-state index contributed by atoms with van der Waals surface area (Å²) >= 11 is 6.07. The lowest BCUT2D eigenvalue weighted by Gasteiger charge is -2.21. The number of fused-ring (bicyclic) bond motifs is 1. The van der Waals surface area contributed by atoms with Gasteiger partial charge in [0.1, 0.15) is 5.70 Å². The molecule has 2 amide bonds. The SMILES string of the molecule is O=C1C(c2ccc(Cl)cc2)=C(N2CCc3ccccc32)C(=O)N1CCc1ccccc1. The molecule has 2 aliphatic heterocycles. The maximum absolute atomic E-state index is 13.6. The van der Waals surface area contributed by atoms with Crippen molar-refractivity contribution in [1.29, 1.82) is 0 Å². The monoisotopic (exact) mass is 428 g/mol. The van der Waals surface area contributed by atoms with Gasteiger partial charge in [-0.1, -0.05) is 72.3 Å². The van der Waals surface area contributed by atoms with E-state index in [0.29, 0.717) is 41.4 Å². The molecular formula is C26H21ClN2O2. The van der Waals surface area contributed by atoms with Gasteiger partial charge in [0.05, 0.1) is 5.57 Å². The van der Waals surface area contributed by atoms with Gasteiger partial charge in [0.15, 0.2) is 0 Å². The fraction of sp³-hybridized carbons (Fsp3) is 0.154. The third kappa shape index (κ3) is 3.53. The van der Waals surface area contributed by atoms with E-state index >= 15 is 0 Å². The molecule has 31 heavy (non-hydrogen) atoms. The summed E-state index contributed by atoms with van der Waals surface area (Å²) in [5, 5.41) is 0.593. The molecule has 154 valence electrons. The van der Waals surface area contributed by atoms with E-state index in [2.05, 4.69) is 6.07 Å². The number of hydrogen-bond acceptors (Lipinski definition) is 3. The summed E-state index contributed by atoms with van der Waals surface area (Å²) in [6.45, 7) is 1.02. The number of rotatable bonds is 5. The molecule has 0 N–H and O–H groups in total. The quantitative estimate of drug-likeness (QED) is 0.552. The standard InChI is InChI=1S/C26H21ClN2O2/c27-21-12-10-20(11-13-21)23-24(28-17-15-19-8-4-5-9-22(19)28)26(31)29(25(23)30)16-14-18-6-2-1-3-7-18/h1-13H,14-17H2. The maximum atomic E-state index is 13.6. The molecule has 4 nitrogen and oxygen atoms in total. The van der Waals surface area contributed by atoms with Crippen LogP contribution in [-0.2, 0) is 22.4 Å². The highest BCUT2D eigenvalue weighted by atomic mass is 35.5. The van der Waals surface area contributed by atoms with E-state index in [1.165, 1.54) is 10.5 Å². The molecule has 5 heteroatoms.